The van der Waals surface area contributed by atoms with Crippen molar-refractivity contribution in [2.75, 3.05) is 13.6 Å². The van der Waals surface area contributed by atoms with E-state index in [1.807, 2.05) is 24.3 Å². The van der Waals surface area contributed by atoms with E-state index in [-0.39, 0.29) is 11.8 Å². The molecule has 5 nitrogen and oxygen atoms in total. The molecule has 0 saturated heterocycles. The number of fused-ring (bicyclic) bond motifs is 1. The predicted octanol–water partition coefficient (Wildman–Crippen LogP) is 2.76. The molecule has 0 spiro atoms. The lowest BCUT2D eigenvalue weighted by atomic mass is 10.1. The molecule has 0 aliphatic heterocycles. The van der Waals surface area contributed by atoms with Crippen LogP contribution in [-0.4, -0.2) is 25.4 Å². The van der Waals surface area contributed by atoms with E-state index in [0.29, 0.717) is 24.1 Å². The minimum atomic E-state index is -0.138. The van der Waals surface area contributed by atoms with Gasteiger partial charge in [-0.3, -0.25) is 9.59 Å². The van der Waals surface area contributed by atoms with Crippen LogP contribution in [-0.2, 0) is 6.42 Å². The zero-order valence-corrected chi connectivity index (χ0v) is 13.3. The van der Waals surface area contributed by atoms with Crippen LogP contribution < -0.4 is 10.6 Å². The second-order valence-electron chi connectivity index (χ2n) is 5.42. The molecule has 3 aromatic rings. The maximum absolute atomic E-state index is 12.0. The van der Waals surface area contributed by atoms with Crippen LogP contribution >= 0.6 is 0 Å². The third-order valence-electron chi connectivity index (χ3n) is 3.86. The monoisotopic (exact) mass is 322 g/mol. The minimum Gasteiger partial charge on any atom is -0.464 e. The van der Waals surface area contributed by atoms with Gasteiger partial charge in [0, 0.05) is 30.1 Å². The SMILES string of the molecule is CNC(=O)c1ccc2occ(CCNC(=O)c3ccccc3)c2c1. The molecule has 1 heterocycles. The molecule has 0 saturated carbocycles. The average molecular weight is 322 g/mol. The first-order chi connectivity index (χ1) is 11.7. The van der Waals surface area contributed by atoms with E-state index >= 15 is 0 Å². The molecule has 0 fully saturated rings. The Balaban J connectivity index is 1.69. The molecule has 0 aliphatic rings. The highest BCUT2D eigenvalue weighted by Crippen LogP contribution is 2.23. The first-order valence-electron chi connectivity index (χ1n) is 7.74. The lowest BCUT2D eigenvalue weighted by molar-refractivity contribution is 0.0949. The summed E-state index contributed by atoms with van der Waals surface area (Å²) in [6.07, 6.45) is 2.30. The summed E-state index contributed by atoms with van der Waals surface area (Å²) in [5.41, 5.74) is 2.91. The van der Waals surface area contributed by atoms with Gasteiger partial charge in [-0.2, -0.15) is 0 Å². The van der Waals surface area contributed by atoms with E-state index in [0.717, 1.165) is 16.5 Å². The van der Waals surface area contributed by atoms with Crippen molar-refractivity contribution in [3.05, 3.63) is 71.5 Å². The molecule has 0 aliphatic carbocycles. The molecule has 3 rings (SSSR count). The Hall–Kier alpha value is -3.08. The molecule has 2 N–H and O–H groups in total. The largest absolute Gasteiger partial charge is 0.464 e. The van der Waals surface area contributed by atoms with Gasteiger partial charge in [0.2, 0.25) is 0 Å². The van der Waals surface area contributed by atoms with Gasteiger partial charge in [-0.1, -0.05) is 18.2 Å². The summed E-state index contributed by atoms with van der Waals surface area (Å²) in [5.74, 6) is -0.240. The van der Waals surface area contributed by atoms with Crippen LogP contribution in [0.4, 0.5) is 0 Å². The van der Waals surface area contributed by atoms with Gasteiger partial charge in [0.15, 0.2) is 0 Å². The van der Waals surface area contributed by atoms with Gasteiger partial charge in [0.25, 0.3) is 11.8 Å². The number of hydrogen-bond donors (Lipinski definition) is 2. The highest BCUT2D eigenvalue weighted by molar-refractivity contribution is 5.98. The van der Waals surface area contributed by atoms with E-state index in [2.05, 4.69) is 10.6 Å². The summed E-state index contributed by atoms with van der Waals surface area (Å²) in [5, 5.41) is 6.39. The molecule has 2 aromatic carbocycles. The molecule has 2 amide bonds. The molecule has 0 atom stereocenters. The summed E-state index contributed by atoms with van der Waals surface area (Å²) in [7, 11) is 1.60. The second-order valence-corrected chi connectivity index (χ2v) is 5.42. The Labute approximate surface area is 139 Å². The smallest absolute Gasteiger partial charge is 0.251 e. The van der Waals surface area contributed by atoms with Crippen LogP contribution in [0.25, 0.3) is 11.0 Å². The molecular formula is C19H18N2O3. The number of rotatable bonds is 5. The van der Waals surface area contributed by atoms with E-state index in [4.69, 9.17) is 4.42 Å². The number of benzene rings is 2. The van der Waals surface area contributed by atoms with E-state index in [9.17, 15) is 9.59 Å². The first kappa shape index (κ1) is 15.8. The van der Waals surface area contributed by atoms with Crippen molar-refractivity contribution in [1.82, 2.24) is 10.6 Å². The number of furan rings is 1. The Bertz CT molecular complexity index is 869. The first-order valence-corrected chi connectivity index (χ1v) is 7.74. The second kappa shape index (κ2) is 7.00. The molecule has 24 heavy (non-hydrogen) atoms. The van der Waals surface area contributed by atoms with Crippen LogP contribution in [0.5, 0.6) is 0 Å². The van der Waals surface area contributed by atoms with Gasteiger partial charge in [0.05, 0.1) is 6.26 Å². The fourth-order valence-corrected chi connectivity index (χ4v) is 2.56. The number of carbonyl (C=O) groups excluding carboxylic acids is 2. The Kier molecular flexibility index (Phi) is 4.61. The third-order valence-corrected chi connectivity index (χ3v) is 3.86. The van der Waals surface area contributed by atoms with Crippen molar-refractivity contribution in [2.45, 2.75) is 6.42 Å². The van der Waals surface area contributed by atoms with Crippen molar-refractivity contribution in [2.24, 2.45) is 0 Å². The third kappa shape index (κ3) is 3.30. The molecule has 0 bridgehead atoms. The van der Waals surface area contributed by atoms with E-state index in [1.165, 1.54) is 0 Å². The maximum atomic E-state index is 12.0. The zero-order valence-electron chi connectivity index (χ0n) is 13.3. The molecule has 1 aromatic heterocycles. The van der Waals surface area contributed by atoms with Crippen LogP contribution in [0.2, 0.25) is 0 Å². The summed E-state index contributed by atoms with van der Waals surface area (Å²) >= 11 is 0. The summed E-state index contributed by atoms with van der Waals surface area (Å²) < 4.78 is 5.52. The average Bonchev–Trinajstić information content (AvgIpc) is 3.04. The highest BCUT2D eigenvalue weighted by atomic mass is 16.3. The topological polar surface area (TPSA) is 71.3 Å². The van der Waals surface area contributed by atoms with Crippen molar-refractivity contribution in [3.8, 4) is 0 Å². The van der Waals surface area contributed by atoms with Crippen LogP contribution in [0.15, 0.2) is 59.2 Å². The van der Waals surface area contributed by atoms with Gasteiger partial charge in [-0.05, 0) is 42.3 Å². The summed E-state index contributed by atoms with van der Waals surface area (Å²) in [6.45, 7) is 0.493. The molecular weight excluding hydrogens is 304 g/mol. The van der Waals surface area contributed by atoms with Gasteiger partial charge in [0.1, 0.15) is 5.58 Å². The van der Waals surface area contributed by atoms with Crippen LogP contribution in [0.1, 0.15) is 26.3 Å². The van der Waals surface area contributed by atoms with Crippen molar-refractivity contribution in [3.63, 3.8) is 0 Å². The highest BCUT2D eigenvalue weighted by Gasteiger charge is 2.11. The quantitative estimate of drug-likeness (QED) is 0.759. The Morgan fingerprint density at radius 3 is 2.54 bits per heavy atom. The lowest BCUT2D eigenvalue weighted by Gasteiger charge is -2.05. The fraction of sp³-hybridized carbons (Fsp3) is 0.158. The number of nitrogens with one attached hydrogen (secondary N) is 2. The Morgan fingerprint density at radius 1 is 1.00 bits per heavy atom. The standard InChI is InChI=1S/C19H18N2O3/c1-20-18(22)14-7-8-17-16(11-14)15(12-24-17)9-10-21-19(23)13-5-3-2-4-6-13/h2-8,11-12H,9-10H2,1H3,(H,20,22)(H,21,23). The van der Waals surface area contributed by atoms with E-state index in [1.54, 1.807) is 37.6 Å². The van der Waals surface area contributed by atoms with Crippen molar-refractivity contribution >= 4 is 22.8 Å². The Morgan fingerprint density at radius 2 is 1.79 bits per heavy atom. The molecule has 0 unspecified atom stereocenters. The van der Waals surface area contributed by atoms with E-state index < -0.39 is 0 Å². The minimum absolute atomic E-state index is 0.102. The molecule has 122 valence electrons. The normalized spacial score (nSPS) is 10.5. The van der Waals surface area contributed by atoms with Gasteiger partial charge < -0.3 is 15.1 Å². The van der Waals surface area contributed by atoms with Gasteiger partial charge >= 0.3 is 0 Å². The van der Waals surface area contributed by atoms with Crippen molar-refractivity contribution in [1.29, 1.82) is 0 Å². The van der Waals surface area contributed by atoms with Crippen LogP contribution in [0, 0.1) is 0 Å². The van der Waals surface area contributed by atoms with Gasteiger partial charge in [-0.15, -0.1) is 0 Å². The number of amides is 2. The lowest BCUT2D eigenvalue weighted by Crippen LogP contribution is -2.25. The zero-order chi connectivity index (χ0) is 16.9. The maximum Gasteiger partial charge on any atom is 0.251 e. The van der Waals surface area contributed by atoms with Crippen molar-refractivity contribution < 1.29 is 14.0 Å². The summed E-state index contributed by atoms with van der Waals surface area (Å²) in [4.78, 5) is 23.8. The fourth-order valence-electron chi connectivity index (χ4n) is 2.56. The predicted molar refractivity (Wildman–Crippen MR) is 92.1 cm³/mol. The summed E-state index contributed by atoms with van der Waals surface area (Å²) in [6, 6.07) is 14.4. The van der Waals surface area contributed by atoms with Crippen LogP contribution in [0.3, 0.4) is 0 Å². The number of hydrogen-bond acceptors (Lipinski definition) is 3. The number of carbonyl (C=O) groups is 2. The molecule has 0 radical (unpaired) electrons. The molecule has 5 heteroatoms. The van der Waals surface area contributed by atoms with Gasteiger partial charge in [-0.25, -0.2) is 0 Å².